The predicted molar refractivity (Wildman–Crippen MR) is 52.5 cm³/mol. The Morgan fingerprint density at radius 1 is 1.31 bits per heavy atom. The average molecular weight is 222 g/mol. The van der Waals surface area contributed by atoms with Gasteiger partial charge in [0.1, 0.15) is 6.10 Å². The fourth-order valence-corrected chi connectivity index (χ4v) is 1.55. The van der Waals surface area contributed by atoms with Crippen molar-refractivity contribution < 1.29 is 19.2 Å². The number of carbonyl (C=O) groups excluding carboxylic acids is 1. The molecule has 0 amide bonds. The zero-order valence-electron chi connectivity index (χ0n) is 8.16. The smallest absolute Gasteiger partial charge is 0.427 e. The van der Waals surface area contributed by atoms with Crippen molar-refractivity contribution in [3.63, 3.8) is 0 Å². The Bertz CT molecular complexity index is 445. The van der Waals surface area contributed by atoms with E-state index in [9.17, 15) is 14.9 Å². The Labute approximate surface area is 90.9 Å². The number of para-hydroxylation sites is 1. The summed E-state index contributed by atoms with van der Waals surface area (Å²) in [6.07, 6.45) is -2.45. The van der Waals surface area contributed by atoms with Gasteiger partial charge in [0.05, 0.1) is 10.5 Å². The van der Waals surface area contributed by atoms with Gasteiger partial charge in [-0.05, 0) is 13.0 Å². The quantitative estimate of drug-likeness (QED) is 0.434. The monoisotopic (exact) mass is 222 g/mol. The standard InChI is InChI=1S/C10H8NO5/c1-6-9(16-10(12)15-6)7-4-2-3-5-8(7)11(13)14/h2-6,9H,1H2. The van der Waals surface area contributed by atoms with Gasteiger partial charge in [0, 0.05) is 6.07 Å². The van der Waals surface area contributed by atoms with E-state index in [2.05, 4.69) is 11.7 Å². The van der Waals surface area contributed by atoms with Gasteiger partial charge in [-0.15, -0.1) is 0 Å². The van der Waals surface area contributed by atoms with E-state index in [0.717, 1.165) is 0 Å². The van der Waals surface area contributed by atoms with E-state index in [0.29, 0.717) is 5.56 Å². The van der Waals surface area contributed by atoms with Gasteiger partial charge in [-0.3, -0.25) is 10.1 Å². The van der Waals surface area contributed by atoms with Crippen LogP contribution in [0.5, 0.6) is 0 Å². The third-order valence-electron chi connectivity index (χ3n) is 2.25. The van der Waals surface area contributed by atoms with Crippen molar-refractivity contribution in [2.24, 2.45) is 0 Å². The molecule has 1 aromatic rings. The SMILES string of the molecule is [CH2]C1OC(=O)OC1c1ccccc1[N+](=O)[O-]. The molecular formula is C10H8NO5. The van der Waals surface area contributed by atoms with Crippen LogP contribution in [0.25, 0.3) is 0 Å². The summed E-state index contributed by atoms with van der Waals surface area (Å²) >= 11 is 0. The van der Waals surface area contributed by atoms with Crippen molar-refractivity contribution >= 4 is 11.8 Å². The minimum atomic E-state index is -0.858. The molecule has 0 aliphatic carbocycles. The highest BCUT2D eigenvalue weighted by Gasteiger charge is 2.38. The maximum atomic E-state index is 10.9. The molecule has 1 fully saturated rings. The highest BCUT2D eigenvalue weighted by atomic mass is 16.8. The van der Waals surface area contributed by atoms with Crippen LogP contribution in [0.4, 0.5) is 10.5 Å². The van der Waals surface area contributed by atoms with Crippen LogP contribution in [0, 0.1) is 17.0 Å². The van der Waals surface area contributed by atoms with Crippen LogP contribution in [-0.2, 0) is 9.47 Å². The second-order valence-corrected chi connectivity index (χ2v) is 3.26. The number of cyclic esters (lactones) is 2. The highest BCUT2D eigenvalue weighted by Crippen LogP contribution is 2.34. The summed E-state index contributed by atoms with van der Waals surface area (Å²) in [4.78, 5) is 21.1. The fourth-order valence-electron chi connectivity index (χ4n) is 1.55. The lowest BCUT2D eigenvalue weighted by molar-refractivity contribution is -0.386. The summed E-state index contributed by atoms with van der Waals surface area (Å²) in [5.74, 6) is 0. The molecule has 1 aliphatic heterocycles. The van der Waals surface area contributed by atoms with Crippen molar-refractivity contribution in [1.29, 1.82) is 0 Å². The van der Waals surface area contributed by atoms with Crippen LogP contribution >= 0.6 is 0 Å². The second kappa shape index (κ2) is 3.80. The number of hydrogen-bond acceptors (Lipinski definition) is 5. The Kier molecular flexibility index (Phi) is 2.47. The molecule has 1 aliphatic rings. The lowest BCUT2D eigenvalue weighted by Gasteiger charge is -2.11. The van der Waals surface area contributed by atoms with Crippen LogP contribution in [0.1, 0.15) is 11.7 Å². The first-order valence-electron chi connectivity index (χ1n) is 4.53. The summed E-state index contributed by atoms with van der Waals surface area (Å²) < 4.78 is 9.49. The lowest BCUT2D eigenvalue weighted by Crippen LogP contribution is -2.12. The zero-order chi connectivity index (χ0) is 11.7. The molecular weight excluding hydrogens is 214 g/mol. The largest absolute Gasteiger partial charge is 0.509 e. The predicted octanol–water partition coefficient (Wildman–Crippen LogP) is 2.01. The molecule has 1 radical (unpaired) electrons. The molecule has 0 bridgehead atoms. The molecule has 1 aromatic carbocycles. The molecule has 16 heavy (non-hydrogen) atoms. The van der Waals surface area contributed by atoms with E-state index in [-0.39, 0.29) is 5.69 Å². The second-order valence-electron chi connectivity index (χ2n) is 3.26. The number of carbonyl (C=O) groups is 1. The number of hydrogen-bond donors (Lipinski definition) is 0. The Balaban J connectivity index is 2.40. The van der Waals surface area contributed by atoms with Crippen molar-refractivity contribution in [2.45, 2.75) is 12.2 Å². The molecule has 6 nitrogen and oxygen atoms in total. The maximum Gasteiger partial charge on any atom is 0.509 e. The van der Waals surface area contributed by atoms with Gasteiger partial charge in [-0.25, -0.2) is 4.79 Å². The van der Waals surface area contributed by atoms with Crippen LogP contribution in [-0.4, -0.2) is 17.2 Å². The molecule has 0 spiro atoms. The van der Waals surface area contributed by atoms with Crippen molar-refractivity contribution in [3.05, 3.63) is 46.9 Å². The summed E-state index contributed by atoms with van der Waals surface area (Å²) in [6.45, 7) is 3.56. The molecule has 2 rings (SSSR count). The molecule has 0 saturated carbocycles. The average Bonchev–Trinajstić information content (AvgIpc) is 2.57. The van der Waals surface area contributed by atoms with Crippen LogP contribution < -0.4 is 0 Å². The first kappa shape index (κ1) is 10.4. The summed E-state index contributed by atoms with van der Waals surface area (Å²) in [7, 11) is 0. The number of benzene rings is 1. The highest BCUT2D eigenvalue weighted by molar-refractivity contribution is 5.64. The third-order valence-corrected chi connectivity index (χ3v) is 2.25. The lowest BCUT2D eigenvalue weighted by atomic mass is 10.0. The molecule has 1 saturated heterocycles. The van der Waals surface area contributed by atoms with Gasteiger partial charge in [-0.1, -0.05) is 12.1 Å². The Morgan fingerprint density at radius 3 is 2.56 bits per heavy atom. The van der Waals surface area contributed by atoms with Crippen LogP contribution in [0.2, 0.25) is 0 Å². The van der Waals surface area contributed by atoms with Gasteiger partial charge < -0.3 is 9.47 Å². The molecule has 2 atom stereocenters. The minimum absolute atomic E-state index is 0.112. The molecule has 83 valence electrons. The van der Waals surface area contributed by atoms with Gasteiger partial charge in [0.2, 0.25) is 0 Å². The van der Waals surface area contributed by atoms with E-state index in [4.69, 9.17) is 4.74 Å². The van der Waals surface area contributed by atoms with E-state index in [1.54, 1.807) is 6.07 Å². The summed E-state index contributed by atoms with van der Waals surface area (Å²) in [6, 6.07) is 6.02. The van der Waals surface area contributed by atoms with Crippen molar-refractivity contribution in [3.8, 4) is 0 Å². The van der Waals surface area contributed by atoms with E-state index in [1.807, 2.05) is 0 Å². The molecule has 1 heterocycles. The third kappa shape index (κ3) is 1.69. The van der Waals surface area contributed by atoms with Gasteiger partial charge in [0.15, 0.2) is 6.10 Å². The van der Waals surface area contributed by atoms with E-state index < -0.39 is 23.3 Å². The van der Waals surface area contributed by atoms with Crippen LogP contribution in [0.15, 0.2) is 24.3 Å². The van der Waals surface area contributed by atoms with Crippen molar-refractivity contribution in [1.82, 2.24) is 0 Å². The minimum Gasteiger partial charge on any atom is -0.427 e. The first-order valence-corrected chi connectivity index (χ1v) is 4.53. The molecule has 0 aromatic heterocycles. The van der Waals surface area contributed by atoms with Crippen LogP contribution in [0.3, 0.4) is 0 Å². The number of rotatable bonds is 2. The first-order chi connectivity index (χ1) is 7.59. The maximum absolute atomic E-state index is 10.9. The fraction of sp³-hybridized carbons (Fsp3) is 0.200. The number of nitro groups is 1. The normalized spacial score (nSPS) is 23.7. The topological polar surface area (TPSA) is 78.7 Å². The number of ether oxygens (including phenoxy) is 2. The van der Waals surface area contributed by atoms with E-state index >= 15 is 0 Å². The Hall–Kier alpha value is -2.11. The van der Waals surface area contributed by atoms with Gasteiger partial charge in [-0.2, -0.15) is 0 Å². The number of nitrogens with zero attached hydrogens (tertiary/aromatic N) is 1. The Morgan fingerprint density at radius 2 is 2.00 bits per heavy atom. The summed E-state index contributed by atoms with van der Waals surface area (Å²) in [5.41, 5.74) is 0.179. The summed E-state index contributed by atoms with van der Waals surface area (Å²) in [5, 5.41) is 10.8. The molecule has 0 N–H and O–H groups in total. The number of nitro benzene ring substituents is 1. The zero-order valence-corrected chi connectivity index (χ0v) is 8.16. The van der Waals surface area contributed by atoms with E-state index in [1.165, 1.54) is 18.2 Å². The van der Waals surface area contributed by atoms with Gasteiger partial charge in [0.25, 0.3) is 5.69 Å². The molecule has 6 heteroatoms. The molecule has 2 unspecified atom stereocenters. The van der Waals surface area contributed by atoms with Gasteiger partial charge >= 0.3 is 6.16 Å². The van der Waals surface area contributed by atoms with Crippen molar-refractivity contribution in [2.75, 3.05) is 0 Å².